The maximum atomic E-state index is 14.3. The molecule has 0 amide bonds. The molecule has 0 radical (unpaired) electrons. The molecule has 148 valence electrons. The van der Waals surface area contributed by atoms with E-state index in [1.54, 1.807) is 0 Å². The minimum absolute atomic E-state index is 0.134. The van der Waals surface area contributed by atoms with Crippen LogP contribution < -0.4 is 15.6 Å². The highest BCUT2D eigenvalue weighted by Crippen LogP contribution is 2.31. The van der Waals surface area contributed by atoms with E-state index in [2.05, 4.69) is 0 Å². The average Bonchev–Trinajstić information content (AvgIpc) is 2.50. The number of aromatic nitrogens is 2. The van der Waals surface area contributed by atoms with Crippen molar-refractivity contribution in [3.8, 4) is 5.69 Å². The van der Waals surface area contributed by atoms with Gasteiger partial charge in [-0.05, 0) is 12.1 Å². The Morgan fingerprint density at radius 3 is 2.19 bits per heavy atom. The number of sulfonamides is 1. The van der Waals surface area contributed by atoms with Crippen molar-refractivity contribution in [3.63, 3.8) is 0 Å². The molecule has 0 saturated heterocycles. The molecule has 27 heavy (non-hydrogen) atoms. The summed E-state index contributed by atoms with van der Waals surface area (Å²) in [5, 5.41) is -0.346. The van der Waals surface area contributed by atoms with Gasteiger partial charge in [-0.1, -0.05) is 11.6 Å². The highest BCUT2D eigenvalue weighted by atomic mass is 35.5. The van der Waals surface area contributed by atoms with Crippen LogP contribution in [0, 0.1) is 5.82 Å². The summed E-state index contributed by atoms with van der Waals surface area (Å²) in [7, 11) is -1.99. The summed E-state index contributed by atoms with van der Waals surface area (Å²) < 4.78 is 77.3. The van der Waals surface area contributed by atoms with Crippen molar-refractivity contribution in [2.45, 2.75) is 6.18 Å². The molecular formula is C14H12ClF4N3O4S. The zero-order valence-corrected chi connectivity index (χ0v) is 15.6. The van der Waals surface area contributed by atoms with Crippen molar-refractivity contribution in [1.82, 2.24) is 9.13 Å². The van der Waals surface area contributed by atoms with Gasteiger partial charge in [0.2, 0.25) is 10.0 Å². The number of benzene rings is 1. The average molecular weight is 430 g/mol. The second-order valence-electron chi connectivity index (χ2n) is 5.53. The minimum Gasteiger partial charge on any atom is -0.292 e. The predicted octanol–water partition coefficient (Wildman–Crippen LogP) is 1.74. The molecule has 0 spiro atoms. The van der Waals surface area contributed by atoms with Gasteiger partial charge < -0.3 is 0 Å². The van der Waals surface area contributed by atoms with E-state index in [0.717, 1.165) is 26.4 Å². The predicted molar refractivity (Wildman–Crippen MR) is 90.5 cm³/mol. The normalized spacial score (nSPS) is 12.3. The zero-order valence-electron chi connectivity index (χ0n) is 14.0. The Hall–Kier alpha value is -2.34. The number of hydrogen-bond donors (Lipinski definition) is 0. The zero-order chi connectivity index (χ0) is 20.9. The third kappa shape index (κ3) is 3.86. The first kappa shape index (κ1) is 21.0. The van der Waals surface area contributed by atoms with Crippen molar-refractivity contribution < 1.29 is 26.0 Å². The Bertz CT molecular complexity index is 1140. The third-order valence-corrected chi connectivity index (χ3v) is 5.20. The molecule has 0 aliphatic heterocycles. The lowest BCUT2D eigenvalue weighted by Crippen LogP contribution is -2.41. The lowest BCUT2D eigenvalue weighted by Gasteiger charge is -2.20. The summed E-state index contributed by atoms with van der Waals surface area (Å²) in [6, 6.07) is 1.57. The van der Waals surface area contributed by atoms with Crippen LogP contribution in [0.1, 0.15) is 5.69 Å². The standard InChI is InChI=1S/C14H12ClF4N3O4S/c1-20-11(14(17,18)19)6-12(23)22(13(20)24)10-5-9(7(15)4-8(10)16)21(2)27(3,25)26/h4-6H,1-3H3. The van der Waals surface area contributed by atoms with Gasteiger partial charge in [-0.15, -0.1) is 0 Å². The second-order valence-corrected chi connectivity index (χ2v) is 7.95. The van der Waals surface area contributed by atoms with E-state index in [-0.39, 0.29) is 25.9 Å². The number of nitrogens with zero attached hydrogens (tertiary/aromatic N) is 3. The Morgan fingerprint density at radius 2 is 1.70 bits per heavy atom. The number of alkyl halides is 3. The van der Waals surface area contributed by atoms with E-state index in [1.807, 2.05) is 0 Å². The minimum atomic E-state index is -4.98. The molecule has 1 aromatic carbocycles. The Balaban J connectivity index is 2.87. The van der Waals surface area contributed by atoms with Gasteiger partial charge in [-0.3, -0.25) is 13.7 Å². The fourth-order valence-corrected chi connectivity index (χ4v) is 3.07. The topological polar surface area (TPSA) is 81.4 Å². The molecule has 0 atom stereocenters. The van der Waals surface area contributed by atoms with Gasteiger partial charge in [0.25, 0.3) is 5.56 Å². The molecule has 2 aromatic rings. The number of rotatable bonds is 3. The summed E-state index contributed by atoms with van der Waals surface area (Å²) in [5.74, 6) is -1.20. The van der Waals surface area contributed by atoms with Crippen molar-refractivity contribution in [2.24, 2.45) is 7.05 Å². The van der Waals surface area contributed by atoms with Crippen LogP contribution in [0.15, 0.2) is 27.8 Å². The van der Waals surface area contributed by atoms with Crippen molar-refractivity contribution >= 4 is 27.3 Å². The molecule has 0 N–H and O–H groups in total. The molecule has 0 unspecified atom stereocenters. The fourth-order valence-electron chi connectivity index (χ4n) is 2.24. The molecule has 0 aliphatic carbocycles. The van der Waals surface area contributed by atoms with Crippen molar-refractivity contribution in [2.75, 3.05) is 17.6 Å². The van der Waals surface area contributed by atoms with E-state index in [4.69, 9.17) is 11.6 Å². The molecule has 0 aliphatic rings. The van der Waals surface area contributed by atoms with Crippen LogP contribution in [-0.2, 0) is 23.2 Å². The third-order valence-electron chi connectivity index (χ3n) is 3.70. The van der Waals surface area contributed by atoms with Gasteiger partial charge in [0.15, 0.2) is 0 Å². The lowest BCUT2D eigenvalue weighted by molar-refractivity contribution is -0.144. The molecular weight excluding hydrogens is 418 g/mol. The summed E-state index contributed by atoms with van der Waals surface area (Å²) >= 11 is 5.82. The Labute approximate surface area is 155 Å². The van der Waals surface area contributed by atoms with E-state index >= 15 is 0 Å². The summed E-state index contributed by atoms with van der Waals surface area (Å²) in [4.78, 5) is 24.4. The molecule has 1 aromatic heterocycles. The smallest absolute Gasteiger partial charge is 0.292 e. The second kappa shape index (κ2) is 6.68. The largest absolute Gasteiger partial charge is 0.431 e. The van der Waals surface area contributed by atoms with E-state index in [1.165, 1.54) is 0 Å². The van der Waals surface area contributed by atoms with Gasteiger partial charge in [-0.25, -0.2) is 22.2 Å². The molecule has 13 heteroatoms. The van der Waals surface area contributed by atoms with E-state index in [0.29, 0.717) is 10.4 Å². The summed E-state index contributed by atoms with van der Waals surface area (Å²) in [5.41, 5.74) is -5.45. The number of hydrogen-bond acceptors (Lipinski definition) is 4. The maximum Gasteiger partial charge on any atom is 0.431 e. The fraction of sp³-hybridized carbons (Fsp3) is 0.286. The first-order chi connectivity index (χ1) is 12.2. The lowest BCUT2D eigenvalue weighted by atomic mass is 10.2. The van der Waals surface area contributed by atoms with Crippen LogP contribution >= 0.6 is 11.6 Å². The highest BCUT2D eigenvalue weighted by Gasteiger charge is 2.35. The molecule has 0 fully saturated rings. The SMILES string of the molecule is CN(c1cc(-n2c(=O)cc(C(F)(F)F)n(C)c2=O)c(F)cc1Cl)S(C)(=O)=O. The van der Waals surface area contributed by atoms with Crippen LogP contribution in [0.25, 0.3) is 5.69 Å². The van der Waals surface area contributed by atoms with Crippen LogP contribution in [0.4, 0.5) is 23.2 Å². The van der Waals surface area contributed by atoms with Crippen LogP contribution in [0.5, 0.6) is 0 Å². The molecule has 0 bridgehead atoms. The monoisotopic (exact) mass is 429 g/mol. The van der Waals surface area contributed by atoms with Crippen molar-refractivity contribution in [1.29, 1.82) is 0 Å². The molecule has 2 rings (SSSR count). The first-order valence-electron chi connectivity index (χ1n) is 7.00. The van der Waals surface area contributed by atoms with Gasteiger partial charge in [0.1, 0.15) is 11.5 Å². The summed E-state index contributed by atoms with van der Waals surface area (Å²) in [6.07, 6.45) is -4.15. The maximum absolute atomic E-state index is 14.3. The van der Waals surface area contributed by atoms with Gasteiger partial charge in [-0.2, -0.15) is 13.2 Å². The number of halogens is 5. The quantitative estimate of drug-likeness (QED) is 0.696. The Morgan fingerprint density at radius 1 is 1.15 bits per heavy atom. The molecule has 0 saturated carbocycles. The first-order valence-corrected chi connectivity index (χ1v) is 9.22. The molecule has 1 heterocycles. The summed E-state index contributed by atoms with van der Waals surface area (Å²) in [6.45, 7) is 0. The van der Waals surface area contributed by atoms with Gasteiger partial charge >= 0.3 is 11.9 Å². The highest BCUT2D eigenvalue weighted by molar-refractivity contribution is 7.92. The molecule has 7 nitrogen and oxygen atoms in total. The van der Waals surface area contributed by atoms with Gasteiger partial charge in [0.05, 0.1) is 22.7 Å². The van der Waals surface area contributed by atoms with Crippen LogP contribution in [0.2, 0.25) is 5.02 Å². The van der Waals surface area contributed by atoms with Gasteiger partial charge in [0, 0.05) is 20.2 Å². The van der Waals surface area contributed by atoms with Crippen LogP contribution in [-0.4, -0.2) is 30.9 Å². The van der Waals surface area contributed by atoms with Crippen molar-refractivity contribution in [3.05, 3.63) is 55.6 Å². The number of anilines is 1. The van der Waals surface area contributed by atoms with Crippen LogP contribution in [0.3, 0.4) is 0 Å². The Kier molecular flexibility index (Phi) is 5.18. The van der Waals surface area contributed by atoms with E-state index < -0.39 is 44.6 Å². The van der Waals surface area contributed by atoms with E-state index in [9.17, 15) is 35.6 Å².